The molecule has 1 rings (SSSR count). The maximum atomic E-state index is 10.6. The third kappa shape index (κ3) is 1.46. The molecule has 48 valence electrons. The fraction of sp³-hybridized carbons (Fsp3) is 0.250. The number of rotatable bonds is 0. The third-order valence-corrected chi connectivity index (χ3v) is 2.96. The number of azo groups is 1. The molecule has 0 saturated carbocycles. The molecule has 1 heterocycles. The van der Waals surface area contributed by atoms with Crippen molar-refractivity contribution < 1.29 is 4.79 Å². The largest absolute Gasteiger partial charge is 0.283 e. The maximum Gasteiger partial charge on any atom is 0.283 e. The first-order chi connectivity index (χ1) is 4.22. The van der Waals surface area contributed by atoms with Crippen LogP contribution in [0.25, 0.3) is 0 Å². The molecule has 0 aromatic carbocycles. The van der Waals surface area contributed by atoms with Crippen molar-refractivity contribution in [2.75, 3.05) is 0 Å². The van der Waals surface area contributed by atoms with E-state index in [1.807, 2.05) is 0 Å². The molecule has 3 nitrogen and oxygen atoms in total. The van der Waals surface area contributed by atoms with Crippen LogP contribution < -0.4 is 0 Å². The van der Waals surface area contributed by atoms with Gasteiger partial charge in [0, 0.05) is 4.48 Å². The minimum Gasteiger partial charge on any atom is -0.269 e. The summed E-state index contributed by atoms with van der Waals surface area (Å²) in [6.07, 6.45) is 1.49. The molecule has 0 aromatic rings. The van der Waals surface area contributed by atoms with Crippen LogP contribution in [0.1, 0.15) is 0 Å². The molecule has 0 aliphatic carbocycles. The number of amides is 1. The second kappa shape index (κ2) is 2.70. The maximum absolute atomic E-state index is 10.6. The van der Waals surface area contributed by atoms with Crippen molar-refractivity contribution in [2.24, 2.45) is 10.2 Å². The second-order valence-corrected chi connectivity index (χ2v) is 3.26. The average molecular weight is 254 g/mol. The van der Waals surface area contributed by atoms with Crippen LogP contribution in [-0.2, 0) is 4.79 Å². The Bertz CT molecular complexity index is 199. The molecule has 1 aliphatic rings. The summed E-state index contributed by atoms with van der Waals surface area (Å²) in [5, 5.41) is 6.72. The first-order valence-electron chi connectivity index (χ1n) is 2.16. The van der Waals surface area contributed by atoms with E-state index in [1.165, 1.54) is 6.20 Å². The second-order valence-electron chi connectivity index (χ2n) is 1.43. The highest BCUT2D eigenvalue weighted by Crippen LogP contribution is 2.22. The highest BCUT2D eigenvalue weighted by atomic mass is 79.9. The first kappa shape index (κ1) is 7.08. The predicted molar refractivity (Wildman–Crippen MR) is 39.6 cm³/mol. The molecule has 5 heteroatoms. The van der Waals surface area contributed by atoms with E-state index in [1.54, 1.807) is 0 Å². The summed E-state index contributed by atoms with van der Waals surface area (Å²) >= 11 is 6.23. The zero-order valence-electron chi connectivity index (χ0n) is 4.21. The van der Waals surface area contributed by atoms with E-state index in [9.17, 15) is 4.79 Å². The van der Waals surface area contributed by atoms with Crippen LogP contribution in [0.4, 0.5) is 0 Å². The lowest BCUT2D eigenvalue weighted by Gasteiger charge is -2.04. The Morgan fingerprint density at radius 2 is 2.33 bits per heavy atom. The highest BCUT2D eigenvalue weighted by Gasteiger charge is 2.19. The van der Waals surface area contributed by atoms with Gasteiger partial charge in [0.2, 0.25) is 0 Å². The van der Waals surface area contributed by atoms with Crippen LogP contribution in [0, 0.1) is 0 Å². The van der Waals surface area contributed by atoms with Gasteiger partial charge in [-0.15, -0.1) is 5.11 Å². The van der Waals surface area contributed by atoms with E-state index in [4.69, 9.17) is 0 Å². The van der Waals surface area contributed by atoms with Gasteiger partial charge in [0.25, 0.3) is 5.91 Å². The molecule has 1 amide bonds. The minimum atomic E-state index is -0.338. The smallest absolute Gasteiger partial charge is 0.269 e. The van der Waals surface area contributed by atoms with Gasteiger partial charge >= 0.3 is 0 Å². The summed E-state index contributed by atoms with van der Waals surface area (Å²) in [5.74, 6) is -0.274. The number of halogens is 2. The van der Waals surface area contributed by atoms with Crippen molar-refractivity contribution in [1.29, 1.82) is 0 Å². The molecule has 0 aromatic heterocycles. The van der Waals surface area contributed by atoms with Gasteiger partial charge in [-0.2, -0.15) is 5.11 Å². The van der Waals surface area contributed by atoms with E-state index in [0.29, 0.717) is 4.48 Å². The van der Waals surface area contributed by atoms with Crippen molar-refractivity contribution in [1.82, 2.24) is 0 Å². The monoisotopic (exact) mass is 252 g/mol. The van der Waals surface area contributed by atoms with Gasteiger partial charge in [0.1, 0.15) is 4.83 Å². The van der Waals surface area contributed by atoms with Gasteiger partial charge in [-0.3, -0.25) is 4.79 Å². The standard InChI is InChI=1S/C4H2Br2N2O/c5-2-1-7-8-4(9)3(2)6/h1,3H. The molecule has 0 radical (unpaired) electrons. The number of carbonyl (C=O) groups is 1. The van der Waals surface area contributed by atoms with Crippen molar-refractivity contribution >= 4 is 37.8 Å². The van der Waals surface area contributed by atoms with Crippen LogP contribution in [0.2, 0.25) is 0 Å². The zero-order valence-corrected chi connectivity index (χ0v) is 7.39. The molecule has 1 aliphatic heterocycles. The Kier molecular flexibility index (Phi) is 2.13. The number of carbonyl (C=O) groups excluding carboxylic acids is 1. The van der Waals surface area contributed by atoms with Gasteiger partial charge in [-0.25, -0.2) is 0 Å². The lowest BCUT2D eigenvalue weighted by molar-refractivity contribution is -0.117. The van der Waals surface area contributed by atoms with Gasteiger partial charge < -0.3 is 0 Å². The number of nitrogens with zero attached hydrogens (tertiary/aromatic N) is 2. The fourth-order valence-corrected chi connectivity index (χ4v) is 0.872. The fourth-order valence-electron chi connectivity index (χ4n) is 0.375. The molecule has 1 unspecified atom stereocenters. The molecule has 0 N–H and O–H groups in total. The normalized spacial score (nSPS) is 26.2. The Morgan fingerprint density at radius 1 is 1.67 bits per heavy atom. The van der Waals surface area contributed by atoms with E-state index in [-0.39, 0.29) is 10.7 Å². The van der Waals surface area contributed by atoms with Crippen LogP contribution in [-0.4, -0.2) is 10.7 Å². The number of hydrogen-bond donors (Lipinski definition) is 0. The molecular formula is C4H2Br2N2O. The Labute approximate surface area is 68.5 Å². The number of alkyl halides is 1. The SMILES string of the molecule is O=C1N=NC=C(Br)C1Br. The summed E-state index contributed by atoms with van der Waals surface area (Å²) in [7, 11) is 0. The van der Waals surface area contributed by atoms with E-state index < -0.39 is 0 Å². The molecular weight excluding hydrogens is 252 g/mol. The summed E-state index contributed by atoms with van der Waals surface area (Å²) in [6, 6.07) is 0. The predicted octanol–water partition coefficient (Wildman–Crippen LogP) is 1.98. The van der Waals surface area contributed by atoms with Crippen molar-refractivity contribution in [2.45, 2.75) is 4.83 Å². The van der Waals surface area contributed by atoms with Gasteiger partial charge in [0.15, 0.2) is 0 Å². The van der Waals surface area contributed by atoms with Crippen LogP contribution in [0.5, 0.6) is 0 Å². The molecule has 1 atom stereocenters. The highest BCUT2D eigenvalue weighted by molar-refractivity contribution is 9.14. The van der Waals surface area contributed by atoms with Crippen LogP contribution in [0.15, 0.2) is 20.9 Å². The van der Waals surface area contributed by atoms with E-state index >= 15 is 0 Å². The van der Waals surface area contributed by atoms with Gasteiger partial charge in [-0.1, -0.05) is 31.9 Å². The van der Waals surface area contributed by atoms with Crippen LogP contribution in [0.3, 0.4) is 0 Å². The van der Waals surface area contributed by atoms with Crippen molar-refractivity contribution in [3.63, 3.8) is 0 Å². The van der Waals surface area contributed by atoms with Gasteiger partial charge in [-0.05, 0) is 0 Å². The quantitative estimate of drug-likeness (QED) is 0.609. The van der Waals surface area contributed by atoms with E-state index in [2.05, 4.69) is 42.1 Å². The van der Waals surface area contributed by atoms with Gasteiger partial charge in [0.05, 0.1) is 6.20 Å². The van der Waals surface area contributed by atoms with E-state index in [0.717, 1.165) is 0 Å². The van der Waals surface area contributed by atoms with Crippen LogP contribution >= 0.6 is 31.9 Å². The minimum absolute atomic E-state index is 0.274. The summed E-state index contributed by atoms with van der Waals surface area (Å²) in [4.78, 5) is 10.3. The summed E-state index contributed by atoms with van der Waals surface area (Å²) in [6.45, 7) is 0. The lowest BCUT2D eigenvalue weighted by Crippen LogP contribution is -2.12. The Morgan fingerprint density at radius 3 is 2.78 bits per heavy atom. The van der Waals surface area contributed by atoms with Crippen molar-refractivity contribution in [3.8, 4) is 0 Å². The summed E-state index contributed by atoms with van der Waals surface area (Å²) < 4.78 is 0.711. The molecule has 0 fully saturated rings. The Hall–Kier alpha value is -0.0300. The lowest BCUT2D eigenvalue weighted by atomic mass is 10.4. The van der Waals surface area contributed by atoms with Crippen molar-refractivity contribution in [3.05, 3.63) is 10.7 Å². The Balaban J connectivity index is 2.86. The molecule has 0 bridgehead atoms. The zero-order chi connectivity index (χ0) is 6.85. The number of hydrogen-bond acceptors (Lipinski definition) is 2. The third-order valence-electron chi connectivity index (χ3n) is 0.796. The topological polar surface area (TPSA) is 41.8 Å². The molecule has 0 saturated heterocycles. The first-order valence-corrected chi connectivity index (χ1v) is 3.87. The molecule has 9 heavy (non-hydrogen) atoms. The average Bonchev–Trinajstić information content (AvgIpc) is 1.83. The summed E-state index contributed by atoms with van der Waals surface area (Å²) in [5.41, 5.74) is 0. The molecule has 0 spiro atoms.